The van der Waals surface area contributed by atoms with E-state index in [0.717, 1.165) is 0 Å². The summed E-state index contributed by atoms with van der Waals surface area (Å²) in [6, 6.07) is 0. The van der Waals surface area contributed by atoms with Gasteiger partial charge in [0, 0.05) is 40.8 Å². The zero-order valence-corrected chi connectivity index (χ0v) is 5.92. The van der Waals surface area contributed by atoms with Gasteiger partial charge in [0.1, 0.15) is 0 Å². The molecule has 0 spiro atoms. The molecule has 36 valence electrons. The Hall–Kier alpha value is 0.551. The first-order chi connectivity index (χ1) is 1.73. The molecular formula is CH3FNdO3. The van der Waals surface area contributed by atoms with Gasteiger partial charge in [-0.3, -0.25) is 4.70 Å². The van der Waals surface area contributed by atoms with E-state index in [9.17, 15) is 0 Å². The number of hydrogen-bond donors (Lipinski definition) is 2. The molecule has 2 N–H and O–H groups in total. The van der Waals surface area contributed by atoms with Crippen molar-refractivity contribution in [2.24, 2.45) is 0 Å². The molecule has 0 radical (unpaired) electrons. The Labute approximate surface area is 66.2 Å². The van der Waals surface area contributed by atoms with Crippen molar-refractivity contribution in [1.29, 1.82) is 0 Å². The van der Waals surface area contributed by atoms with Crippen molar-refractivity contribution < 1.29 is 60.6 Å². The van der Waals surface area contributed by atoms with Crippen LogP contribution in [0.1, 0.15) is 0 Å². The average Bonchev–Trinajstić information content (AvgIpc) is 0.811. The van der Waals surface area contributed by atoms with Crippen molar-refractivity contribution in [3.63, 3.8) is 0 Å². The molecule has 5 heteroatoms. The van der Waals surface area contributed by atoms with Crippen LogP contribution in [-0.2, 0) is 0 Å². The van der Waals surface area contributed by atoms with Gasteiger partial charge in [0.15, 0.2) is 0 Å². The van der Waals surface area contributed by atoms with Gasteiger partial charge in [-0.25, -0.2) is 4.79 Å². The second-order valence-corrected chi connectivity index (χ2v) is 0.283. The van der Waals surface area contributed by atoms with Gasteiger partial charge < -0.3 is 10.2 Å². The van der Waals surface area contributed by atoms with Crippen molar-refractivity contribution in [2.75, 3.05) is 0 Å². The summed E-state index contributed by atoms with van der Waals surface area (Å²) in [4.78, 5) is 8.56. The predicted octanol–water partition coefficient (Wildman–Crippen LogP) is 0.375. The van der Waals surface area contributed by atoms with Gasteiger partial charge in [-0.15, -0.1) is 0 Å². The van der Waals surface area contributed by atoms with Crippen LogP contribution in [-0.4, -0.2) is 16.4 Å². The summed E-state index contributed by atoms with van der Waals surface area (Å²) in [7, 11) is 0. The van der Waals surface area contributed by atoms with Crippen molar-refractivity contribution in [3.05, 3.63) is 0 Å². The van der Waals surface area contributed by atoms with E-state index in [-0.39, 0.29) is 45.5 Å². The molecule has 0 aliphatic carbocycles. The molecule has 0 saturated carbocycles. The maximum Gasteiger partial charge on any atom is 0.503 e. The topological polar surface area (TPSA) is 57.5 Å². The van der Waals surface area contributed by atoms with Crippen LogP contribution in [0.3, 0.4) is 0 Å². The van der Waals surface area contributed by atoms with Crippen LogP contribution < -0.4 is 0 Å². The Balaban J connectivity index is -0.0000000450. The Morgan fingerprint density at radius 2 is 1.33 bits per heavy atom. The van der Waals surface area contributed by atoms with E-state index in [1.807, 2.05) is 0 Å². The summed E-state index contributed by atoms with van der Waals surface area (Å²) in [5.74, 6) is 0. The van der Waals surface area contributed by atoms with Crippen LogP contribution in [0, 0.1) is 40.8 Å². The quantitative estimate of drug-likeness (QED) is 0.627. The zero-order valence-electron chi connectivity index (χ0n) is 2.71. The van der Waals surface area contributed by atoms with Crippen LogP contribution in [0.15, 0.2) is 0 Å². The van der Waals surface area contributed by atoms with E-state index < -0.39 is 6.16 Å². The molecule has 0 aromatic carbocycles. The molecule has 0 saturated heterocycles. The Kier molecular flexibility index (Phi) is 24.3. The van der Waals surface area contributed by atoms with Gasteiger partial charge in [0.05, 0.1) is 0 Å². The van der Waals surface area contributed by atoms with Gasteiger partial charge in [-0.1, -0.05) is 0 Å². The van der Waals surface area contributed by atoms with Gasteiger partial charge in [0.2, 0.25) is 0 Å². The van der Waals surface area contributed by atoms with E-state index in [4.69, 9.17) is 15.0 Å². The van der Waals surface area contributed by atoms with E-state index in [2.05, 4.69) is 0 Å². The van der Waals surface area contributed by atoms with E-state index in [1.54, 1.807) is 0 Å². The average molecular weight is 226 g/mol. The molecule has 0 aromatic rings. The third kappa shape index (κ3) is 189. The summed E-state index contributed by atoms with van der Waals surface area (Å²) < 4.78 is 0. The third-order valence-corrected chi connectivity index (χ3v) is 0. The Bertz CT molecular complexity index is 33.8. The Morgan fingerprint density at radius 3 is 1.33 bits per heavy atom. The van der Waals surface area contributed by atoms with Crippen molar-refractivity contribution in [3.8, 4) is 0 Å². The first-order valence-corrected chi connectivity index (χ1v) is 0.651. The van der Waals surface area contributed by atoms with Gasteiger partial charge in [0.25, 0.3) is 0 Å². The number of carbonyl (C=O) groups is 1. The first kappa shape index (κ1) is 16.0. The monoisotopic (exact) mass is 224 g/mol. The summed E-state index contributed by atoms with van der Waals surface area (Å²) in [5.41, 5.74) is 0. The standard InChI is InChI=1S/CH2O3.FH.Nd/c2-1(3)4;;/h(H2,2,3,4);1H;. The summed E-state index contributed by atoms with van der Waals surface area (Å²) >= 11 is 0. The maximum absolute atomic E-state index is 8.56. The van der Waals surface area contributed by atoms with Crippen LogP contribution in [0.4, 0.5) is 9.50 Å². The SMILES string of the molecule is F.O=C(O)O.[Nd]. The second-order valence-electron chi connectivity index (χ2n) is 0.283. The molecule has 3 nitrogen and oxygen atoms in total. The Morgan fingerprint density at radius 1 is 1.33 bits per heavy atom. The molecule has 0 aromatic heterocycles. The molecule has 0 unspecified atom stereocenters. The normalized spacial score (nSPS) is 4.00. The molecular weight excluding hydrogens is 223 g/mol. The molecule has 0 amide bonds. The maximum atomic E-state index is 8.56. The zero-order chi connectivity index (χ0) is 3.58. The van der Waals surface area contributed by atoms with Gasteiger partial charge >= 0.3 is 6.16 Å². The second kappa shape index (κ2) is 9.12. The molecule has 0 atom stereocenters. The van der Waals surface area contributed by atoms with Crippen molar-refractivity contribution in [1.82, 2.24) is 0 Å². The first-order valence-electron chi connectivity index (χ1n) is 0.651. The summed E-state index contributed by atoms with van der Waals surface area (Å²) in [6.07, 6.45) is -1.83. The molecule has 0 heterocycles. The molecule has 0 aliphatic heterocycles. The van der Waals surface area contributed by atoms with Crippen molar-refractivity contribution >= 4 is 6.16 Å². The largest absolute Gasteiger partial charge is 0.503 e. The minimum Gasteiger partial charge on any atom is -0.450 e. The van der Waals surface area contributed by atoms with E-state index in [0.29, 0.717) is 0 Å². The molecule has 0 rings (SSSR count). The van der Waals surface area contributed by atoms with Crippen LogP contribution in [0.25, 0.3) is 0 Å². The van der Waals surface area contributed by atoms with Crippen molar-refractivity contribution in [2.45, 2.75) is 0 Å². The molecule has 0 bridgehead atoms. The molecule has 0 fully saturated rings. The minimum absolute atomic E-state index is 0. The van der Waals surface area contributed by atoms with E-state index in [1.165, 1.54) is 0 Å². The number of halogens is 1. The van der Waals surface area contributed by atoms with Crippen LogP contribution >= 0.6 is 0 Å². The minimum atomic E-state index is -1.83. The van der Waals surface area contributed by atoms with E-state index >= 15 is 0 Å². The van der Waals surface area contributed by atoms with Gasteiger partial charge in [-0.05, 0) is 0 Å². The summed E-state index contributed by atoms with van der Waals surface area (Å²) in [6.45, 7) is 0. The van der Waals surface area contributed by atoms with Crippen LogP contribution in [0.5, 0.6) is 0 Å². The molecule has 6 heavy (non-hydrogen) atoms. The fraction of sp³-hybridized carbons (Fsp3) is 0. The predicted molar refractivity (Wildman–Crippen MR) is 13.2 cm³/mol. The molecule has 0 aliphatic rings. The fourth-order valence-corrected chi connectivity index (χ4v) is 0. The third-order valence-electron chi connectivity index (χ3n) is 0. The smallest absolute Gasteiger partial charge is 0.450 e. The number of carboxylic acid groups (broad SMARTS) is 2. The number of hydrogen-bond acceptors (Lipinski definition) is 1. The summed E-state index contributed by atoms with van der Waals surface area (Å²) in [5, 5.41) is 13.9. The van der Waals surface area contributed by atoms with Gasteiger partial charge in [-0.2, -0.15) is 0 Å². The number of rotatable bonds is 0. The fourth-order valence-electron chi connectivity index (χ4n) is 0. The van der Waals surface area contributed by atoms with Crippen LogP contribution in [0.2, 0.25) is 0 Å².